The molecule has 2 nitrogen and oxygen atoms in total. The quantitative estimate of drug-likeness (QED) is 0.868. The summed E-state index contributed by atoms with van der Waals surface area (Å²) in [7, 11) is 0. The van der Waals surface area contributed by atoms with Crippen molar-refractivity contribution in [1.29, 1.82) is 0 Å². The van der Waals surface area contributed by atoms with Crippen LogP contribution in [0, 0.1) is 0 Å². The Balaban J connectivity index is 2.08. The van der Waals surface area contributed by atoms with E-state index in [-0.39, 0.29) is 5.54 Å². The number of nitrogens with two attached hydrogens (primary N) is 1. The van der Waals surface area contributed by atoms with Gasteiger partial charge in [0, 0.05) is 18.6 Å². The summed E-state index contributed by atoms with van der Waals surface area (Å²) in [5.41, 5.74) is 9.22. The maximum Gasteiger partial charge on any atom is 0.0252 e. The molecule has 0 aliphatic carbocycles. The van der Waals surface area contributed by atoms with E-state index in [9.17, 15) is 0 Å². The maximum absolute atomic E-state index is 6.28. The Bertz CT molecular complexity index is 371. The fraction of sp³-hybridized carbons (Fsp3) is 0.600. The van der Waals surface area contributed by atoms with E-state index in [2.05, 4.69) is 43.0 Å². The van der Waals surface area contributed by atoms with E-state index >= 15 is 0 Å². The Morgan fingerprint density at radius 3 is 2.71 bits per heavy atom. The first-order valence-electron chi connectivity index (χ1n) is 6.69. The zero-order valence-electron chi connectivity index (χ0n) is 11.1. The lowest BCUT2D eigenvalue weighted by Crippen LogP contribution is -2.47. The molecule has 2 rings (SSSR count). The van der Waals surface area contributed by atoms with Crippen molar-refractivity contribution in [2.75, 3.05) is 13.1 Å². The lowest BCUT2D eigenvalue weighted by Gasteiger charge is -2.31. The number of benzene rings is 1. The lowest BCUT2D eigenvalue weighted by atomic mass is 9.99. The van der Waals surface area contributed by atoms with Gasteiger partial charge in [0.2, 0.25) is 0 Å². The van der Waals surface area contributed by atoms with Gasteiger partial charge in [-0.15, -0.1) is 0 Å². The van der Waals surface area contributed by atoms with E-state index in [0.717, 1.165) is 19.5 Å². The van der Waals surface area contributed by atoms with Gasteiger partial charge in [-0.3, -0.25) is 4.90 Å². The molecule has 0 saturated carbocycles. The van der Waals surface area contributed by atoms with Crippen LogP contribution in [0.1, 0.15) is 37.8 Å². The molecule has 1 aliphatic heterocycles. The van der Waals surface area contributed by atoms with E-state index in [0.29, 0.717) is 0 Å². The minimum absolute atomic E-state index is 0.0563. The number of hydrogen-bond donors (Lipinski definition) is 1. The number of rotatable bonds is 3. The van der Waals surface area contributed by atoms with Gasteiger partial charge in [0.05, 0.1) is 0 Å². The molecule has 0 fully saturated rings. The minimum atomic E-state index is -0.0563. The van der Waals surface area contributed by atoms with Crippen LogP contribution in [0.5, 0.6) is 0 Å². The molecular formula is C15H24N2. The van der Waals surface area contributed by atoms with Gasteiger partial charge in [-0.05, 0) is 43.9 Å². The summed E-state index contributed by atoms with van der Waals surface area (Å²) in [4.78, 5) is 2.51. The summed E-state index contributed by atoms with van der Waals surface area (Å²) in [5, 5.41) is 0. The summed E-state index contributed by atoms with van der Waals surface area (Å²) >= 11 is 0. The van der Waals surface area contributed by atoms with E-state index in [4.69, 9.17) is 5.73 Å². The van der Waals surface area contributed by atoms with Crippen molar-refractivity contribution >= 4 is 0 Å². The van der Waals surface area contributed by atoms with Crippen LogP contribution >= 0.6 is 0 Å². The third kappa shape index (κ3) is 3.30. The van der Waals surface area contributed by atoms with Crippen LogP contribution in [-0.2, 0) is 13.0 Å². The highest BCUT2D eigenvalue weighted by Gasteiger charge is 2.22. The zero-order valence-corrected chi connectivity index (χ0v) is 11.1. The van der Waals surface area contributed by atoms with E-state index in [1.54, 1.807) is 0 Å². The Hall–Kier alpha value is -0.860. The summed E-state index contributed by atoms with van der Waals surface area (Å²) in [6.07, 6.45) is 3.49. The number of aryl methyl sites for hydroxylation is 1. The summed E-state index contributed by atoms with van der Waals surface area (Å²) in [6.45, 7) is 7.55. The largest absolute Gasteiger partial charge is 0.324 e. The Morgan fingerprint density at radius 1 is 1.29 bits per heavy atom. The van der Waals surface area contributed by atoms with Crippen molar-refractivity contribution in [1.82, 2.24) is 4.90 Å². The van der Waals surface area contributed by atoms with Gasteiger partial charge in [-0.1, -0.05) is 31.2 Å². The monoisotopic (exact) mass is 232 g/mol. The molecule has 0 aromatic heterocycles. The predicted molar refractivity (Wildman–Crippen MR) is 72.9 cm³/mol. The fourth-order valence-electron chi connectivity index (χ4n) is 2.53. The molecule has 0 amide bonds. The van der Waals surface area contributed by atoms with Gasteiger partial charge in [0.1, 0.15) is 0 Å². The topological polar surface area (TPSA) is 29.3 Å². The summed E-state index contributed by atoms with van der Waals surface area (Å²) in [6, 6.07) is 8.81. The van der Waals surface area contributed by atoms with Crippen LogP contribution < -0.4 is 5.73 Å². The second-order valence-corrected chi connectivity index (χ2v) is 5.59. The van der Waals surface area contributed by atoms with E-state index in [1.165, 1.54) is 30.5 Å². The summed E-state index contributed by atoms with van der Waals surface area (Å²) in [5.74, 6) is 0. The maximum atomic E-state index is 6.28. The molecule has 17 heavy (non-hydrogen) atoms. The molecule has 0 spiro atoms. The van der Waals surface area contributed by atoms with Crippen LogP contribution in [0.4, 0.5) is 0 Å². The van der Waals surface area contributed by atoms with Crippen molar-refractivity contribution in [2.45, 2.75) is 45.2 Å². The average Bonchev–Trinajstić information content (AvgIpc) is 2.50. The minimum Gasteiger partial charge on any atom is -0.324 e. The van der Waals surface area contributed by atoms with Crippen LogP contribution in [-0.4, -0.2) is 23.5 Å². The highest BCUT2D eigenvalue weighted by Crippen LogP contribution is 2.20. The lowest BCUT2D eigenvalue weighted by molar-refractivity contribution is 0.208. The van der Waals surface area contributed by atoms with Gasteiger partial charge in [0.15, 0.2) is 0 Å². The van der Waals surface area contributed by atoms with Crippen LogP contribution in [0.15, 0.2) is 24.3 Å². The fourth-order valence-corrected chi connectivity index (χ4v) is 2.53. The number of nitrogens with zero attached hydrogens (tertiary/aromatic N) is 1. The molecule has 1 unspecified atom stereocenters. The molecule has 94 valence electrons. The van der Waals surface area contributed by atoms with Crippen molar-refractivity contribution in [2.24, 2.45) is 5.73 Å². The Morgan fingerprint density at radius 2 is 2.00 bits per heavy atom. The summed E-state index contributed by atoms with van der Waals surface area (Å²) < 4.78 is 0. The molecule has 1 atom stereocenters. The molecule has 1 heterocycles. The standard InChI is InChI=1S/C15H24N2/c1-3-15(2,16)12-17-10-6-9-13-7-4-5-8-14(13)11-17/h4-5,7-8H,3,6,9-12,16H2,1-2H3. The highest BCUT2D eigenvalue weighted by atomic mass is 15.1. The zero-order chi connectivity index (χ0) is 12.3. The second kappa shape index (κ2) is 5.19. The molecule has 0 radical (unpaired) electrons. The third-order valence-corrected chi connectivity index (χ3v) is 3.83. The Labute approximate surface area is 105 Å². The molecule has 2 N–H and O–H groups in total. The van der Waals surface area contributed by atoms with Crippen molar-refractivity contribution in [3.05, 3.63) is 35.4 Å². The van der Waals surface area contributed by atoms with Crippen LogP contribution in [0.25, 0.3) is 0 Å². The predicted octanol–water partition coefficient (Wildman–Crippen LogP) is 2.56. The van der Waals surface area contributed by atoms with E-state index < -0.39 is 0 Å². The highest BCUT2D eigenvalue weighted by molar-refractivity contribution is 5.28. The Kier molecular flexibility index (Phi) is 3.85. The van der Waals surface area contributed by atoms with Gasteiger partial charge in [-0.25, -0.2) is 0 Å². The second-order valence-electron chi connectivity index (χ2n) is 5.59. The number of hydrogen-bond acceptors (Lipinski definition) is 2. The first kappa shape index (κ1) is 12.6. The molecule has 1 aliphatic rings. The van der Waals surface area contributed by atoms with Crippen molar-refractivity contribution < 1.29 is 0 Å². The average molecular weight is 232 g/mol. The molecular weight excluding hydrogens is 208 g/mol. The third-order valence-electron chi connectivity index (χ3n) is 3.83. The molecule has 2 heteroatoms. The van der Waals surface area contributed by atoms with E-state index in [1.807, 2.05) is 0 Å². The SMILES string of the molecule is CCC(C)(N)CN1CCCc2ccccc2C1. The molecule has 1 aromatic rings. The smallest absolute Gasteiger partial charge is 0.0252 e. The van der Waals surface area contributed by atoms with Crippen LogP contribution in [0.3, 0.4) is 0 Å². The first-order chi connectivity index (χ1) is 8.11. The van der Waals surface area contributed by atoms with Crippen molar-refractivity contribution in [3.63, 3.8) is 0 Å². The normalized spacial score (nSPS) is 20.4. The van der Waals surface area contributed by atoms with Gasteiger partial charge < -0.3 is 5.73 Å². The van der Waals surface area contributed by atoms with Gasteiger partial charge in [0.25, 0.3) is 0 Å². The van der Waals surface area contributed by atoms with Gasteiger partial charge in [-0.2, -0.15) is 0 Å². The molecule has 0 saturated heterocycles. The molecule has 1 aromatic carbocycles. The number of fused-ring (bicyclic) bond motifs is 1. The van der Waals surface area contributed by atoms with Crippen LogP contribution in [0.2, 0.25) is 0 Å². The van der Waals surface area contributed by atoms with Crippen molar-refractivity contribution in [3.8, 4) is 0 Å². The van der Waals surface area contributed by atoms with Gasteiger partial charge >= 0.3 is 0 Å². The first-order valence-corrected chi connectivity index (χ1v) is 6.69. The molecule has 0 bridgehead atoms.